The van der Waals surface area contributed by atoms with E-state index in [0.29, 0.717) is 24.5 Å². The number of carbonyl (C=O) groups excluding carboxylic acids is 1. The lowest BCUT2D eigenvalue weighted by molar-refractivity contribution is 0.0773. The predicted molar refractivity (Wildman–Crippen MR) is 101 cm³/mol. The van der Waals surface area contributed by atoms with Gasteiger partial charge in [-0.05, 0) is 69.0 Å². The van der Waals surface area contributed by atoms with E-state index in [1.165, 1.54) is 17.7 Å². The number of amides is 1. The highest BCUT2D eigenvalue weighted by Gasteiger charge is 2.19. The molecule has 1 amide bonds. The fourth-order valence-corrected chi connectivity index (χ4v) is 4.15. The third-order valence-electron chi connectivity index (χ3n) is 4.63. The first kappa shape index (κ1) is 18.4. The van der Waals surface area contributed by atoms with Gasteiger partial charge in [-0.2, -0.15) is 0 Å². The topological polar surface area (TPSA) is 79.4 Å². The molecule has 0 saturated carbocycles. The van der Waals surface area contributed by atoms with Gasteiger partial charge in [0.25, 0.3) is 15.9 Å². The second kappa shape index (κ2) is 7.45. The lowest BCUT2D eigenvalue weighted by Crippen LogP contribution is -2.30. The van der Waals surface area contributed by atoms with Crippen LogP contribution < -0.4 is 4.72 Å². The molecule has 26 heavy (non-hydrogen) atoms. The number of rotatable bonds is 6. The maximum absolute atomic E-state index is 12.6. The monoisotopic (exact) mass is 373 g/mol. The summed E-state index contributed by atoms with van der Waals surface area (Å²) in [5.74, 6) is 0.223. The van der Waals surface area contributed by atoms with E-state index in [-0.39, 0.29) is 10.8 Å². The van der Waals surface area contributed by atoms with Crippen molar-refractivity contribution in [3.8, 4) is 0 Å². The summed E-state index contributed by atoms with van der Waals surface area (Å²) in [6, 6.07) is 9.62. The molecule has 1 heterocycles. The first-order chi connectivity index (χ1) is 12.4. The van der Waals surface area contributed by atoms with Gasteiger partial charge in [-0.1, -0.05) is 6.07 Å². The summed E-state index contributed by atoms with van der Waals surface area (Å²) in [4.78, 5) is 18.5. The summed E-state index contributed by atoms with van der Waals surface area (Å²) >= 11 is 0. The van der Waals surface area contributed by atoms with Gasteiger partial charge >= 0.3 is 0 Å². The second-order valence-corrected chi connectivity index (χ2v) is 7.95. The zero-order valence-electron chi connectivity index (χ0n) is 15.0. The Labute approximate surface area is 154 Å². The molecule has 0 spiro atoms. The van der Waals surface area contributed by atoms with Crippen LogP contribution in [0.4, 0.5) is 5.82 Å². The van der Waals surface area contributed by atoms with Crippen LogP contribution in [0, 0.1) is 0 Å². The van der Waals surface area contributed by atoms with Crippen LogP contribution >= 0.6 is 0 Å². The van der Waals surface area contributed by atoms with E-state index in [2.05, 4.69) is 9.71 Å². The van der Waals surface area contributed by atoms with E-state index in [0.717, 1.165) is 25.0 Å². The number of anilines is 1. The van der Waals surface area contributed by atoms with Gasteiger partial charge in [-0.3, -0.25) is 9.52 Å². The molecule has 3 rings (SSSR count). The molecule has 1 N–H and O–H groups in total. The number of hydrogen-bond acceptors (Lipinski definition) is 4. The number of benzene rings is 1. The zero-order chi connectivity index (χ0) is 18.7. The average Bonchev–Trinajstić information content (AvgIpc) is 3.10. The standard InChI is InChI=1S/C19H23N3O3S/c1-3-22(4-2)19(23)15-8-11-16(12-9-15)26(24,25)21-18-13-10-14-6-5-7-17(14)20-18/h8-13H,3-7H2,1-2H3,(H,20,21). The SMILES string of the molecule is CCN(CC)C(=O)c1ccc(S(=O)(=O)Nc2ccc3c(n2)CCC3)cc1. The summed E-state index contributed by atoms with van der Waals surface area (Å²) < 4.78 is 27.7. The van der Waals surface area contributed by atoms with E-state index >= 15 is 0 Å². The molecule has 0 fully saturated rings. The second-order valence-electron chi connectivity index (χ2n) is 6.26. The molecule has 1 aromatic carbocycles. The number of aryl methyl sites for hydroxylation is 2. The Bertz CT molecular complexity index is 904. The molecule has 0 atom stereocenters. The lowest BCUT2D eigenvalue weighted by Gasteiger charge is -2.18. The maximum atomic E-state index is 12.6. The van der Waals surface area contributed by atoms with E-state index in [1.54, 1.807) is 23.1 Å². The number of hydrogen-bond donors (Lipinski definition) is 1. The number of nitrogens with one attached hydrogen (secondary N) is 1. The quantitative estimate of drug-likeness (QED) is 0.844. The van der Waals surface area contributed by atoms with Crippen molar-refractivity contribution < 1.29 is 13.2 Å². The number of nitrogens with zero attached hydrogens (tertiary/aromatic N) is 2. The Morgan fingerprint density at radius 1 is 1.08 bits per heavy atom. The molecule has 2 aromatic rings. The largest absolute Gasteiger partial charge is 0.339 e. The Kier molecular flexibility index (Phi) is 5.27. The van der Waals surface area contributed by atoms with Gasteiger partial charge in [-0.15, -0.1) is 0 Å². The average molecular weight is 373 g/mol. The number of sulfonamides is 1. The predicted octanol–water partition coefficient (Wildman–Crippen LogP) is 2.85. The fourth-order valence-electron chi connectivity index (χ4n) is 3.14. The molecule has 6 nitrogen and oxygen atoms in total. The Hall–Kier alpha value is -2.41. The minimum atomic E-state index is -3.74. The van der Waals surface area contributed by atoms with Crippen LogP contribution in [0.2, 0.25) is 0 Å². The van der Waals surface area contributed by atoms with E-state index in [9.17, 15) is 13.2 Å². The third kappa shape index (κ3) is 3.72. The lowest BCUT2D eigenvalue weighted by atomic mass is 10.2. The van der Waals surface area contributed by atoms with Gasteiger partial charge in [0.1, 0.15) is 5.82 Å². The van der Waals surface area contributed by atoms with Crippen LogP contribution in [0.3, 0.4) is 0 Å². The van der Waals surface area contributed by atoms with Gasteiger partial charge < -0.3 is 4.90 Å². The van der Waals surface area contributed by atoms with E-state index in [4.69, 9.17) is 0 Å². The van der Waals surface area contributed by atoms with Crippen LogP contribution in [0.1, 0.15) is 41.9 Å². The van der Waals surface area contributed by atoms with Crippen molar-refractivity contribution in [3.63, 3.8) is 0 Å². The van der Waals surface area contributed by atoms with Crippen molar-refractivity contribution in [1.82, 2.24) is 9.88 Å². The zero-order valence-corrected chi connectivity index (χ0v) is 15.8. The number of fused-ring (bicyclic) bond motifs is 1. The number of carbonyl (C=O) groups is 1. The third-order valence-corrected chi connectivity index (χ3v) is 6.00. The molecule has 0 unspecified atom stereocenters. The van der Waals surface area contributed by atoms with Crippen LogP contribution in [0.25, 0.3) is 0 Å². The van der Waals surface area contributed by atoms with Crippen molar-refractivity contribution in [2.75, 3.05) is 17.8 Å². The smallest absolute Gasteiger partial charge is 0.263 e. The number of aromatic nitrogens is 1. The molecule has 0 bridgehead atoms. The highest BCUT2D eigenvalue weighted by atomic mass is 32.2. The highest BCUT2D eigenvalue weighted by molar-refractivity contribution is 7.92. The molecule has 1 aliphatic rings. The Morgan fingerprint density at radius 3 is 2.42 bits per heavy atom. The van der Waals surface area contributed by atoms with Crippen molar-refractivity contribution in [2.24, 2.45) is 0 Å². The van der Waals surface area contributed by atoms with Crippen LogP contribution in [0.5, 0.6) is 0 Å². The molecular formula is C19H23N3O3S. The normalized spacial score (nSPS) is 13.3. The molecule has 7 heteroatoms. The minimum Gasteiger partial charge on any atom is -0.339 e. The Balaban J connectivity index is 1.78. The van der Waals surface area contributed by atoms with Crippen molar-refractivity contribution in [3.05, 3.63) is 53.2 Å². The molecule has 138 valence electrons. The van der Waals surface area contributed by atoms with Gasteiger partial charge in [0.2, 0.25) is 0 Å². The molecular weight excluding hydrogens is 350 g/mol. The Morgan fingerprint density at radius 2 is 1.77 bits per heavy atom. The van der Waals surface area contributed by atoms with E-state index in [1.807, 2.05) is 19.9 Å². The first-order valence-corrected chi connectivity index (χ1v) is 10.3. The van der Waals surface area contributed by atoms with Gasteiger partial charge in [-0.25, -0.2) is 13.4 Å². The summed E-state index contributed by atoms with van der Waals surface area (Å²) in [5, 5.41) is 0. The molecule has 0 radical (unpaired) electrons. The van der Waals surface area contributed by atoms with E-state index < -0.39 is 10.0 Å². The van der Waals surface area contributed by atoms with Crippen molar-refractivity contribution in [2.45, 2.75) is 38.0 Å². The maximum Gasteiger partial charge on any atom is 0.263 e. The highest BCUT2D eigenvalue weighted by Crippen LogP contribution is 2.23. The number of pyridine rings is 1. The first-order valence-electron chi connectivity index (χ1n) is 8.85. The molecule has 1 aliphatic carbocycles. The van der Waals surface area contributed by atoms with Crippen molar-refractivity contribution >= 4 is 21.7 Å². The fraction of sp³-hybridized carbons (Fsp3) is 0.368. The van der Waals surface area contributed by atoms with Crippen LogP contribution in [-0.2, 0) is 22.9 Å². The summed E-state index contributed by atoms with van der Waals surface area (Å²) in [5.41, 5.74) is 2.63. The van der Waals surface area contributed by atoms with Crippen molar-refractivity contribution in [1.29, 1.82) is 0 Å². The molecule has 0 aliphatic heterocycles. The van der Waals surface area contributed by atoms with Gasteiger partial charge in [0, 0.05) is 24.3 Å². The summed E-state index contributed by atoms with van der Waals surface area (Å²) in [6.45, 7) is 5.05. The van der Waals surface area contributed by atoms with Gasteiger partial charge in [0.15, 0.2) is 0 Å². The summed E-state index contributed by atoms with van der Waals surface area (Å²) in [7, 11) is -3.74. The van der Waals surface area contributed by atoms with Crippen LogP contribution in [-0.4, -0.2) is 37.3 Å². The molecule has 1 aromatic heterocycles. The summed E-state index contributed by atoms with van der Waals surface area (Å²) in [6.07, 6.45) is 2.94. The molecule has 0 saturated heterocycles. The van der Waals surface area contributed by atoms with Crippen LogP contribution in [0.15, 0.2) is 41.3 Å². The van der Waals surface area contributed by atoms with Gasteiger partial charge in [0.05, 0.1) is 4.90 Å². The minimum absolute atomic E-state index is 0.104.